The molecule has 0 radical (unpaired) electrons. The van der Waals surface area contributed by atoms with Gasteiger partial charge in [-0.3, -0.25) is 0 Å². The van der Waals surface area contributed by atoms with E-state index in [9.17, 15) is 5.11 Å². The van der Waals surface area contributed by atoms with E-state index < -0.39 is 0 Å². The molecule has 2 aliphatic carbocycles. The molecular formula is C37H61NO4. The van der Waals surface area contributed by atoms with Gasteiger partial charge in [-0.15, -0.1) is 0 Å². The summed E-state index contributed by atoms with van der Waals surface area (Å²) in [5.41, 5.74) is 3.89. The van der Waals surface area contributed by atoms with E-state index in [0.717, 1.165) is 49.6 Å². The summed E-state index contributed by atoms with van der Waals surface area (Å²) in [5.74, 6) is 3.20. The fourth-order valence-corrected chi connectivity index (χ4v) is 7.18. The van der Waals surface area contributed by atoms with Gasteiger partial charge in [0, 0.05) is 30.7 Å². The van der Waals surface area contributed by atoms with Crippen molar-refractivity contribution in [3.63, 3.8) is 0 Å². The zero-order chi connectivity index (χ0) is 31.3. The second kappa shape index (κ2) is 17.9. The van der Waals surface area contributed by atoms with Gasteiger partial charge in [0.05, 0.1) is 19.8 Å². The van der Waals surface area contributed by atoms with Gasteiger partial charge in [0.2, 0.25) is 0 Å². The van der Waals surface area contributed by atoms with Crippen LogP contribution in [0.2, 0.25) is 0 Å². The molecule has 42 heavy (non-hydrogen) atoms. The van der Waals surface area contributed by atoms with Crippen LogP contribution in [0.15, 0.2) is 42.5 Å². The summed E-state index contributed by atoms with van der Waals surface area (Å²) in [6.07, 6.45) is 6.31. The van der Waals surface area contributed by atoms with Crippen LogP contribution in [0, 0.1) is 11.8 Å². The van der Waals surface area contributed by atoms with Crippen molar-refractivity contribution in [2.75, 3.05) is 27.3 Å². The topological polar surface area (TPSA) is 51.2 Å². The summed E-state index contributed by atoms with van der Waals surface area (Å²) < 4.78 is 17.1. The maximum absolute atomic E-state index is 10.9. The van der Waals surface area contributed by atoms with Gasteiger partial charge in [0.15, 0.2) is 11.5 Å². The Kier molecular flexibility index (Phi) is 15.4. The highest BCUT2D eigenvalue weighted by Gasteiger charge is 2.63. The molecule has 0 bridgehead atoms. The van der Waals surface area contributed by atoms with Gasteiger partial charge >= 0.3 is 0 Å². The first kappa shape index (κ1) is 36.1. The van der Waals surface area contributed by atoms with Crippen molar-refractivity contribution >= 4 is 0 Å². The Bertz CT molecular complexity index is 1020. The third kappa shape index (κ3) is 7.70. The van der Waals surface area contributed by atoms with E-state index in [4.69, 9.17) is 14.2 Å². The number of nitrogens with zero attached hydrogens (tertiary/aromatic N) is 1. The molecule has 3 fully saturated rings. The summed E-state index contributed by atoms with van der Waals surface area (Å²) in [4.78, 5) is 2.73. The second-order valence-electron chi connectivity index (χ2n) is 11.2. The highest BCUT2D eigenvalue weighted by Crippen LogP contribution is 2.61. The van der Waals surface area contributed by atoms with Crippen LogP contribution in [0.3, 0.4) is 0 Å². The molecule has 2 heterocycles. The first-order chi connectivity index (χ1) is 20.5. The summed E-state index contributed by atoms with van der Waals surface area (Å²) in [5, 5.41) is 10.9. The van der Waals surface area contributed by atoms with E-state index in [-0.39, 0.29) is 17.6 Å². The van der Waals surface area contributed by atoms with Crippen molar-refractivity contribution in [3.05, 3.63) is 59.2 Å². The maximum Gasteiger partial charge on any atom is 0.165 e. The average molecular weight is 584 g/mol. The number of benzene rings is 2. The number of aliphatic hydroxyl groups excluding tert-OH is 1. The first-order valence-corrected chi connectivity index (χ1v) is 16.8. The molecule has 1 saturated heterocycles. The molecule has 5 atom stereocenters. The molecule has 2 aromatic carbocycles. The van der Waals surface area contributed by atoms with Crippen molar-refractivity contribution in [3.8, 4) is 11.5 Å². The summed E-state index contributed by atoms with van der Waals surface area (Å²) >= 11 is 0. The van der Waals surface area contributed by atoms with Gasteiger partial charge in [-0.05, 0) is 81.0 Å². The van der Waals surface area contributed by atoms with Crippen LogP contribution in [0.5, 0.6) is 11.5 Å². The summed E-state index contributed by atoms with van der Waals surface area (Å²) in [6, 6.07) is 14.9. The minimum Gasteiger partial charge on any atom is -0.493 e. The SMILES string of the molecule is CC.CC.CC.CCc1ccc(OC)c2c1C13CCN(CC4CC4)C(C)C1CCC(O)[C@@H]3O2.COCc1ccccc1. The van der Waals surface area contributed by atoms with Crippen molar-refractivity contribution < 1.29 is 19.3 Å². The number of hydrogen-bond donors (Lipinski definition) is 1. The summed E-state index contributed by atoms with van der Waals surface area (Å²) in [7, 11) is 3.42. The number of aliphatic hydroxyl groups is 1. The average Bonchev–Trinajstić information content (AvgIpc) is 3.81. The Labute approximate surface area is 258 Å². The van der Waals surface area contributed by atoms with Crippen LogP contribution in [0.25, 0.3) is 0 Å². The lowest BCUT2D eigenvalue weighted by Gasteiger charge is -2.56. The molecule has 2 aromatic rings. The number of fused-ring (bicyclic) bond motifs is 1. The van der Waals surface area contributed by atoms with Gasteiger partial charge in [-0.2, -0.15) is 0 Å². The van der Waals surface area contributed by atoms with E-state index in [1.54, 1.807) is 14.2 Å². The highest BCUT2D eigenvalue weighted by atomic mass is 16.5. The molecule has 2 aliphatic heterocycles. The molecule has 6 rings (SSSR count). The molecule has 4 aliphatic rings. The number of aryl methyl sites for hydroxylation is 1. The molecule has 4 unspecified atom stereocenters. The quantitative estimate of drug-likeness (QED) is 0.370. The van der Waals surface area contributed by atoms with Crippen LogP contribution >= 0.6 is 0 Å². The predicted molar refractivity (Wildman–Crippen MR) is 177 cm³/mol. The Balaban J connectivity index is 0.000000346. The number of methoxy groups -OCH3 is 2. The number of piperidine rings is 1. The number of ether oxygens (including phenoxy) is 3. The third-order valence-corrected chi connectivity index (χ3v) is 9.13. The Morgan fingerprint density at radius 1 is 0.929 bits per heavy atom. The van der Waals surface area contributed by atoms with Crippen LogP contribution in [0.4, 0.5) is 0 Å². The van der Waals surface area contributed by atoms with Crippen LogP contribution in [-0.2, 0) is 23.2 Å². The monoisotopic (exact) mass is 583 g/mol. The normalized spacial score (nSPS) is 26.8. The Hall–Kier alpha value is -2.08. The van der Waals surface area contributed by atoms with E-state index in [1.807, 2.05) is 77.9 Å². The van der Waals surface area contributed by atoms with Gasteiger partial charge in [-0.1, -0.05) is 84.9 Å². The third-order valence-electron chi connectivity index (χ3n) is 9.13. The van der Waals surface area contributed by atoms with Crippen molar-refractivity contribution in [2.24, 2.45) is 11.8 Å². The number of rotatable bonds is 6. The van der Waals surface area contributed by atoms with Gasteiger partial charge in [0.25, 0.3) is 0 Å². The molecule has 238 valence electrons. The molecule has 5 heteroatoms. The molecule has 1 spiro atoms. The molecule has 5 nitrogen and oxygen atoms in total. The molecule has 1 N–H and O–H groups in total. The minimum atomic E-state index is -0.384. The van der Waals surface area contributed by atoms with Gasteiger partial charge in [-0.25, -0.2) is 0 Å². The van der Waals surface area contributed by atoms with E-state index in [2.05, 4.69) is 24.8 Å². The van der Waals surface area contributed by atoms with Crippen LogP contribution < -0.4 is 9.47 Å². The van der Waals surface area contributed by atoms with E-state index >= 15 is 0 Å². The zero-order valence-electron chi connectivity index (χ0n) is 28.4. The first-order valence-electron chi connectivity index (χ1n) is 16.8. The zero-order valence-corrected chi connectivity index (χ0v) is 28.4. The predicted octanol–water partition coefficient (Wildman–Crippen LogP) is 8.44. The fraction of sp³-hybridized carbons (Fsp3) is 0.676. The van der Waals surface area contributed by atoms with Gasteiger partial charge in [0.1, 0.15) is 6.10 Å². The lowest BCUT2D eigenvalue weighted by atomic mass is 9.55. The van der Waals surface area contributed by atoms with Crippen LogP contribution in [-0.4, -0.2) is 55.6 Å². The lowest BCUT2D eigenvalue weighted by molar-refractivity contribution is -0.0968. The minimum absolute atomic E-state index is 0.0631. The summed E-state index contributed by atoms with van der Waals surface area (Å²) in [6.45, 7) is 19.7. The van der Waals surface area contributed by atoms with Crippen molar-refractivity contribution in [1.82, 2.24) is 4.90 Å². The lowest BCUT2D eigenvalue weighted by Crippen LogP contribution is -2.64. The fourth-order valence-electron chi connectivity index (χ4n) is 7.18. The second-order valence-corrected chi connectivity index (χ2v) is 11.2. The molecule has 0 amide bonds. The Morgan fingerprint density at radius 3 is 2.17 bits per heavy atom. The van der Waals surface area contributed by atoms with Crippen molar-refractivity contribution in [2.45, 2.75) is 124 Å². The molecule has 0 aromatic heterocycles. The maximum atomic E-state index is 10.9. The number of likely N-dealkylation sites (tertiary alicyclic amines) is 1. The van der Waals surface area contributed by atoms with Crippen molar-refractivity contribution in [1.29, 1.82) is 0 Å². The van der Waals surface area contributed by atoms with E-state index in [0.29, 0.717) is 18.6 Å². The number of hydrogen-bond acceptors (Lipinski definition) is 5. The highest BCUT2D eigenvalue weighted by molar-refractivity contribution is 5.59. The Morgan fingerprint density at radius 2 is 1.60 bits per heavy atom. The molecular weight excluding hydrogens is 522 g/mol. The standard InChI is InChI=1S/C23H33NO3.C8H10O.3C2H6/c1-4-16-7-10-19(26-3)21-20(16)23-11-12-24(13-15-5-6-15)14(2)17(23)8-9-18(25)22(23)27-21;1-9-7-8-5-3-2-4-6-8;3*1-2/h7,10,14-15,17-18,22,25H,4-6,8-9,11-13H2,1-3H3;2-6H,7H2,1H3;3*1-2H3/t14?,17?,18?,22-,23?;;;;/m0..../s1. The van der Waals surface area contributed by atoms with Crippen LogP contribution in [0.1, 0.15) is 104 Å². The molecule has 2 saturated carbocycles. The largest absolute Gasteiger partial charge is 0.493 e. The van der Waals surface area contributed by atoms with E-state index in [1.165, 1.54) is 36.1 Å². The smallest absolute Gasteiger partial charge is 0.165 e. The van der Waals surface area contributed by atoms with Gasteiger partial charge < -0.3 is 24.2 Å².